The molecule has 4 nitrogen and oxygen atoms in total. The molecule has 1 aliphatic heterocycles. The number of carbonyl (C=O) groups is 1. The highest BCUT2D eigenvalue weighted by Crippen LogP contribution is 1.95. The minimum absolute atomic E-state index is 0.127. The van der Waals surface area contributed by atoms with Gasteiger partial charge < -0.3 is 10.6 Å². The van der Waals surface area contributed by atoms with Crippen LogP contribution in [0, 0.1) is 0 Å². The van der Waals surface area contributed by atoms with E-state index in [0.29, 0.717) is 13.2 Å². The molecule has 2 N–H and O–H groups in total. The highest BCUT2D eigenvalue weighted by molar-refractivity contribution is 5.79. The van der Waals surface area contributed by atoms with Gasteiger partial charge in [-0.2, -0.15) is 0 Å². The van der Waals surface area contributed by atoms with Crippen LogP contribution in [-0.4, -0.2) is 38.1 Å². The summed E-state index contributed by atoms with van der Waals surface area (Å²) < 4.78 is 0. The third-order valence-electron chi connectivity index (χ3n) is 2.18. The van der Waals surface area contributed by atoms with Crippen LogP contribution in [0.2, 0.25) is 0 Å². The summed E-state index contributed by atoms with van der Waals surface area (Å²) in [5.41, 5.74) is 1.33. The zero-order valence-corrected chi connectivity index (χ0v) is 9.86. The minimum atomic E-state index is 0.127. The Kier molecular flexibility index (Phi) is 5.53. The van der Waals surface area contributed by atoms with Gasteiger partial charge in [0.25, 0.3) is 0 Å². The number of rotatable bonds is 2. The molecule has 1 aromatic carbocycles. The van der Waals surface area contributed by atoms with Gasteiger partial charge in [0, 0.05) is 6.54 Å². The Balaban J connectivity index is 0.000000165. The van der Waals surface area contributed by atoms with Crippen LogP contribution in [0.15, 0.2) is 30.3 Å². The van der Waals surface area contributed by atoms with Gasteiger partial charge in [-0.15, -0.1) is 0 Å². The van der Waals surface area contributed by atoms with Crippen LogP contribution in [0.25, 0.3) is 0 Å². The second-order valence-corrected chi connectivity index (χ2v) is 3.79. The molecule has 0 radical (unpaired) electrons. The second kappa shape index (κ2) is 6.98. The molecule has 0 atom stereocenters. The van der Waals surface area contributed by atoms with Crippen LogP contribution in [0.4, 0.5) is 0 Å². The molecule has 88 valence electrons. The Morgan fingerprint density at radius 1 is 1.38 bits per heavy atom. The molecule has 1 amide bonds. The molecule has 0 aromatic heterocycles. The Morgan fingerprint density at radius 3 is 2.44 bits per heavy atom. The van der Waals surface area contributed by atoms with Crippen LogP contribution in [0.1, 0.15) is 5.56 Å². The van der Waals surface area contributed by atoms with Gasteiger partial charge in [-0.3, -0.25) is 9.69 Å². The van der Waals surface area contributed by atoms with Crippen molar-refractivity contribution < 1.29 is 4.79 Å². The number of hydrogen-bond donors (Lipinski definition) is 2. The van der Waals surface area contributed by atoms with E-state index in [0.717, 1.165) is 6.54 Å². The molecule has 0 unspecified atom stereocenters. The molecular weight excluding hydrogens is 202 g/mol. The van der Waals surface area contributed by atoms with Gasteiger partial charge in [0.05, 0.1) is 13.2 Å². The molecule has 4 heteroatoms. The summed E-state index contributed by atoms with van der Waals surface area (Å²) in [5, 5.41) is 5.74. The lowest BCUT2D eigenvalue weighted by molar-refractivity contribution is -0.118. The molecule has 2 rings (SSSR count). The van der Waals surface area contributed by atoms with Crippen LogP contribution in [-0.2, 0) is 11.3 Å². The highest BCUT2D eigenvalue weighted by atomic mass is 16.2. The van der Waals surface area contributed by atoms with Gasteiger partial charge in [-0.1, -0.05) is 30.3 Å². The summed E-state index contributed by atoms with van der Waals surface area (Å²) in [4.78, 5) is 12.2. The van der Waals surface area contributed by atoms with Crippen molar-refractivity contribution in [3.8, 4) is 0 Å². The van der Waals surface area contributed by atoms with Crippen LogP contribution < -0.4 is 10.6 Å². The predicted octanol–water partition coefficient (Wildman–Crippen LogP) is 0.412. The van der Waals surface area contributed by atoms with Gasteiger partial charge in [0.1, 0.15) is 0 Å². The largest absolute Gasteiger partial charge is 0.342 e. The van der Waals surface area contributed by atoms with E-state index in [2.05, 4.69) is 22.8 Å². The standard InChI is InChI=1S/C8H11N.C4H8N2O/c1-9-7-8-5-3-2-4-6-8;1-6-2-4(7)5-3-6/h2-6,9H,7H2,1H3;2-3H2,1H3,(H,5,7). The zero-order valence-electron chi connectivity index (χ0n) is 9.86. The molecule has 1 aromatic rings. The zero-order chi connectivity index (χ0) is 11.8. The van der Waals surface area contributed by atoms with E-state index in [1.165, 1.54) is 5.56 Å². The van der Waals surface area contributed by atoms with E-state index < -0.39 is 0 Å². The van der Waals surface area contributed by atoms with Crippen molar-refractivity contribution in [2.24, 2.45) is 0 Å². The summed E-state index contributed by atoms with van der Waals surface area (Å²) in [7, 11) is 3.85. The predicted molar refractivity (Wildman–Crippen MR) is 64.8 cm³/mol. The average Bonchev–Trinajstić information content (AvgIpc) is 2.65. The molecule has 0 saturated carbocycles. The number of nitrogens with zero attached hydrogens (tertiary/aromatic N) is 1. The number of benzene rings is 1. The molecule has 1 heterocycles. The van der Waals surface area contributed by atoms with Crippen molar-refractivity contribution in [2.75, 3.05) is 27.3 Å². The normalized spacial score (nSPS) is 15.2. The lowest BCUT2D eigenvalue weighted by atomic mass is 10.2. The number of carbonyl (C=O) groups excluding carboxylic acids is 1. The number of likely N-dealkylation sites (N-methyl/N-ethyl adjacent to an activating group) is 1. The molecular formula is C12H19N3O. The van der Waals surface area contributed by atoms with E-state index in [9.17, 15) is 4.79 Å². The first kappa shape index (κ1) is 12.7. The van der Waals surface area contributed by atoms with Crippen molar-refractivity contribution >= 4 is 5.91 Å². The summed E-state index contributed by atoms with van der Waals surface area (Å²) in [6.45, 7) is 2.22. The Morgan fingerprint density at radius 2 is 2.06 bits per heavy atom. The molecule has 1 aliphatic rings. The SMILES string of the molecule is CN1CNC(=O)C1.CNCc1ccccc1. The van der Waals surface area contributed by atoms with Crippen LogP contribution in [0.5, 0.6) is 0 Å². The number of nitrogens with one attached hydrogen (secondary N) is 2. The third-order valence-corrected chi connectivity index (χ3v) is 2.18. The van der Waals surface area contributed by atoms with Crippen molar-refractivity contribution in [1.29, 1.82) is 0 Å². The first-order valence-corrected chi connectivity index (χ1v) is 5.36. The quantitative estimate of drug-likeness (QED) is 0.760. The van der Waals surface area contributed by atoms with Crippen molar-refractivity contribution in [3.05, 3.63) is 35.9 Å². The first-order chi connectivity index (χ1) is 7.72. The van der Waals surface area contributed by atoms with E-state index in [4.69, 9.17) is 0 Å². The maximum absolute atomic E-state index is 10.3. The summed E-state index contributed by atoms with van der Waals surface area (Å²) in [6.07, 6.45) is 0. The second-order valence-electron chi connectivity index (χ2n) is 3.79. The first-order valence-electron chi connectivity index (χ1n) is 5.36. The van der Waals surface area contributed by atoms with Crippen molar-refractivity contribution in [3.63, 3.8) is 0 Å². The third kappa shape index (κ3) is 4.91. The lowest BCUT2D eigenvalue weighted by Crippen LogP contribution is -2.16. The number of hydrogen-bond acceptors (Lipinski definition) is 3. The monoisotopic (exact) mass is 221 g/mol. The fourth-order valence-corrected chi connectivity index (χ4v) is 1.38. The Hall–Kier alpha value is -1.39. The molecule has 1 fully saturated rings. The van der Waals surface area contributed by atoms with E-state index >= 15 is 0 Å². The molecule has 0 aliphatic carbocycles. The van der Waals surface area contributed by atoms with E-state index in [-0.39, 0.29) is 5.91 Å². The smallest absolute Gasteiger partial charge is 0.235 e. The molecule has 0 spiro atoms. The topological polar surface area (TPSA) is 44.4 Å². The Labute approximate surface area is 96.6 Å². The lowest BCUT2D eigenvalue weighted by Gasteiger charge is -1.98. The summed E-state index contributed by atoms with van der Waals surface area (Å²) in [6, 6.07) is 10.3. The van der Waals surface area contributed by atoms with Gasteiger partial charge >= 0.3 is 0 Å². The van der Waals surface area contributed by atoms with Gasteiger partial charge in [0.2, 0.25) is 5.91 Å². The Bertz CT molecular complexity index is 313. The van der Waals surface area contributed by atoms with Gasteiger partial charge in [-0.25, -0.2) is 0 Å². The molecule has 16 heavy (non-hydrogen) atoms. The number of amides is 1. The summed E-state index contributed by atoms with van der Waals surface area (Å²) in [5.74, 6) is 0.127. The maximum Gasteiger partial charge on any atom is 0.235 e. The van der Waals surface area contributed by atoms with E-state index in [1.54, 1.807) is 0 Å². The van der Waals surface area contributed by atoms with Crippen LogP contribution in [0.3, 0.4) is 0 Å². The van der Waals surface area contributed by atoms with Crippen molar-refractivity contribution in [2.45, 2.75) is 6.54 Å². The maximum atomic E-state index is 10.3. The van der Waals surface area contributed by atoms with Gasteiger partial charge in [0.15, 0.2) is 0 Å². The van der Waals surface area contributed by atoms with Crippen molar-refractivity contribution in [1.82, 2.24) is 15.5 Å². The fraction of sp³-hybridized carbons (Fsp3) is 0.417. The fourth-order valence-electron chi connectivity index (χ4n) is 1.38. The summed E-state index contributed by atoms with van der Waals surface area (Å²) >= 11 is 0. The van der Waals surface area contributed by atoms with Gasteiger partial charge in [-0.05, 0) is 19.7 Å². The highest BCUT2D eigenvalue weighted by Gasteiger charge is 2.12. The van der Waals surface area contributed by atoms with E-state index in [1.807, 2.05) is 37.2 Å². The molecule has 1 saturated heterocycles. The minimum Gasteiger partial charge on any atom is -0.342 e. The average molecular weight is 221 g/mol. The molecule has 0 bridgehead atoms. The van der Waals surface area contributed by atoms with Crippen LogP contribution >= 0.6 is 0 Å².